The molecule has 0 saturated carbocycles. The zero-order valence-corrected chi connectivity index (χ0v) is 36.3. The number of unbranched alkanes of at least 4 members (excludes halogenated alkanes) is 14. The van der Waals surface area contributed by atoms with Crippen LogP contribution < -0.4 is 0 Å². The smallest absolute Gasteiger partial charge is 0.472 e. The van der Waals surface area contributed by atoms with Gasteiger partial charge < -0.3 is 29.1 Å². The highest BCUT2D eigenvalue weighted by atomic mass is 31.2. The zero-order valence-electron chi connectivity index (χ0n) is 35.4. The number of quaternary nitrogens is 1. The number of carbonyl (C=O) groups excluding carboxylic acids is 1. The number of esters is 1. The number of aliphatic hydroxyl groups excluding tert-OH is 2. The molecule has 1 unspecified atom stereocenters. The van der Waals surface area contributed by atoms with Gasteiger partial charge in [0.25, 0.3) is 0 Å². The van der Waals surface area contributed by atoms with Crippen LogP contribution in [0.3, 0.4) is 0 Å². The van der Waals surface area contributed by atoms with Gasteiger partial charge in [0.1, 0.15) is 19.8 Å². The lowest BCUT2D eigenvalue weighted by Gasteiger charge is -2.24. The molecule has 320 valence electrons. The van der Waals surface area contributed by atoms with Crippen LogP contribution in [0.4, 0.5) is 0 Å². The summed E-state index contributed by atoms with van der Waals surface area (Å²) in [5.41, 5.74) is 0. The minimum Gasteiger partial charge on any atom is -0.498 e. The van der Waals surface area contributed by atoms with E-state index in [4.69, 9.17) is 18.5 Å². The van der Waals surface area contributed by atoms with Gasteiger partial charge in [0.05, 0.1) is 46.2 Å². The van der Waals surface area contributed by atoms with Crippen molar-refractivity contribution in [1.82, 2.24) is 0 Å². The van der Waals surface area contributed by atoms with Gasteiger partial charge in [0, 0.05) is 6.42 Å². The van der Waals surface area contributed by atoms with E-state index in [-0.39, 0.29) is 26.2 Å². The second-order valence-electron chi connectivity index (χ2n) is 15.5. The average Bonchev–Trinajstić information content (AvgIpc) is 3.12. The minimum absolute atomic E-state index is 0.0341. The van der Waals surface area contributed by atoms with Crippen LogP contribution in [-0.2, 0) is 27.9 Å². The van der Waals surface area contributed by atoms with Gasteiger partial charge in [-0.3, -0.25) is 13.8 Å². The van der Waals surface area contributed by atoms with E-state index in [0.717, 1.165) is 44.9 Å². The minimum atomic E-state index is -4.36. The first-order chi connectivity index (χ1) is 26.4. The number of rotatable bonds is 38. The van der Waals surface area contributed by atoms with E-state index in [0.29, 0.717) is 23.9 Å². The van der Waals surface area contributed by atoms with Crippen LogP contribution in [0.15, 0.2) is 60.9 Å². The highest BCUT2D eigenvalue weighted by Crippen LogP contribution is 2.43. The van der Waals surface area contributed by atoms with Crippen molar-refractivity contribution >= 4 is 13.8 Å². The van der Waals surface area contributed by atoms with E-state index >= 15 is 0 Å². The topological polar surface area (TPSA) is 132 Å². The molecule has 0 aromatic rings. The molecule has 0 amide bonds. The lowest BCUT2D eigenvalue weighted by molar-refractivity contribution is -0.870. The largest absolute Gasteiger partial charge is 0.498 e. The number of aliphatic hydroxyl groups is 2. The predicted molar refractivity (Wildman–Crippen MR) is 226 cm³/mol. The summed E-state index contributed by atoms with van der Waals surface area (Å²) in [6.07, 6.45) is 38.4. The van der Waals surface area contributed by atoms with E-state index < -0.39 is 32.1 Å². The average molecular weight is 799 g/mol. The van der Waals surface area contributed by atoms with E-state index in [1.54, 1.807) is 24.5 Å². The van der Waals surface area contributed by atoms with Crippen molar-refractivity contribution in [2.24, 2.45) is 0 Å². The molecule has 11 heteroatoms. The van der Waals surface area contributed by atoms with Crippen LogP contribution in [0.2, 0.25) is 0 Å². The van der Waals surface area contributed by atoms with E-state index in [2.05, 4.69) is 13.8 Å². The number of nitrogens with zero attached hydrogens (tertiary/aromatic N) is 1. The summed E-state index contributed by atoms with van der Waals surface area (Å²) in [6.45, 7) is 4.55. The molecule has 0 bridgehead atoms. The van der Waals surface area contributed by atoms with Crippen LogP contribution in [-0.4, -0.2) is 91.4 Å². The summed E-state index contributed by atoms with van der Waals surface area (Å²) < 4.78 is 34.5. The monoisotopic (exact) mass is 799 g/mol. The number of phosphoric acid groups is 1. The van der Waals surface area contributed by atoms with Gasteiger partial charge in [-0.15, -0.1) is 0 Å². The summed E-state index contributed by atoms with van der Waals surface area (Å²) in [4.78, 5) is 22.8. The molecule has 0 heterocycles. The molecule has 0 aliphatic carbocycles. The quantitative estimate of drug-likeness (QED) is 0.0139. The third-order valence-corrected chi connectivity index (χ3v) is 9.84. The van der Waals surface area contributed by atoms with Gasteiger partial charge in [0.15, 0.2) is 6.10 Å². The second kappa shape index (κ2) is 36.3. The number of hydrogen-bond donors (Lipinski definition) is 3. The fourth-order valence-electron chi connectivity index (χ4n) is 5.44. The predicted octanol–water partition coefficient (Wildman–Crippen LogP) is 10.4. The molecule has 0 saturated heterocycles. The molecular formula is C44H81NO9P+. The SMILES string of the molecule is CCCCCCCCCCCCCC/C=C/OC[C@H](COP(=O)(O)OCC[N+](C)(C)C)OC(=O)CCC[C@H](O)/C=C/C=C\C/C=C\C=C\[C@H](O)CCCCC. The van der Waals surface area contributed by atoms with Gasteiger partial charge in [0.2, 0.25) is 0 Å². The van der Waals surface area contributed by atoms with E-state index in [1.165, 1.54) is 70.6 Å². The third-order valence-electron chi connectivity index (χ3n) is 8.85. The van der Waals surface area contributed by atoms with Crippen molar-refractivity contribution < 1.29 is 47.5 Å². The number of likely N-dealkylation sites (N-methyl/N-ethyl adjacent to an activating group) is 1. The second-order valence-corrected chi connectivity index (χ2v) is 16.9. The first-order valence-electron chi connectivity index (χ1n) is 21.3. The summed E-state index contributed by atoms with van der Waals surface area (Å²) in [5, 5.41) is 20.2. The van der Waals surface area contributed by atoms with Crippen LogP contribution in [0.5, 0.6) is 0 Å². The van der Waals surface area contributed by atoms with Crippen molar-refractivity contribution in [3.05, 3.63) is 60.9 Å². The molecule has 0 aromatic heterocycles. The van der Waals surface area contributed by atoms with Crippen molar-refractivity contribution in [1.29, 1.82) is 0 Å². The first kappa shape index (κ1) is 53.0. The van der Waals surface area contributed by atoms with Crippen LogP contribution in [0, 0.1) is 0 Å². The molecule has 0 rings (SSSR count). The molecule has 55 heavy (non-hydrogen) atoms. The molecule has 0 spiro atoms. The normalized spacial score (nSPS) is 15.5. The van der Waals surface area contributed by atoms with Gasteiger partial charge in [-0.2, -0.15) is 0 Å². The molecule has 0 radical (unpaired) electrons. The summed E-state index contributed by atoms with van der Waals surface area (Å²) >= 11 is 0. The first-order valence-corrected chi connectivity index (χ1v) is 22.8. The summed E-state index contributed by atoms with van der Waals surface area (Å²) in [6, 6.07) is 0. The Balaban J connectivity index is 4.58. The van der Waals surface area contributed by atoms with E-state index in [9.17, 15) is 24.5 Å². The summed E-state index contributed by atoms with van der Waals surface area (Å²) in [5.74, 6) is -0.512. The Hall–Kier alpha value is -2.04. The maximum atomic E-state index is 12.7. The third kappa shape index (κ3) is 40.0. The Morgan fingerprint density at radius 3 is 1.76 bits per heavy atom. The molecule has 0 aliphatic rings. The Kier molecular flexibility index (Phi) is 35.0. The Morgan fingerprint density at radius 2 is 1.20 bits per heavy atom. The highest BCUT2D eigenvalue weighted by Gasteiger charge is 2.26. The van der Waals surface area contributed by atoms with Gasteiger partial charge in [-0.1, -0.05) is 152 Å². The number of ether oxygens (including phenoxy) is 2. The standard InChI is InChI=1S/C44H80NO9P/c1-6-8-10-11-12-13-14-15-16-17-18-22-25-29-37-51-39-43(40-53-55(49,50)52-38-36-45(3,4)5)54-44(48)35-30-34-42(47)33-28-24-21-19-20-23-27-32-41(46)31-26-9-7-2/h20-21,23-24,27-29,32-33,37,41-43,46-47H,6-19,22,25-26,30-31,34-36,38-40H2,1-5H3/p+1/b23-20-,24-21-,32-27+,33-28+,37-29+/t41-,42-,43-/m1/s1. The molecule has 10 nitrogen and oxygen atoms in total. The van der Waals surface area contributed by atoms with Crippen molar-refractivity contribution in [3.63, 3.8) is 0 Å². The van der Waals surface area contributed by atoms with Crippen LogP contribution >= 0.6 is 7.82 Å². The molecule has 3 N–H and O–H groups in total. The maximum Gasteiger partial charge on any atom is 0.472 e. The van der Waals surface area contributed by atoms with Crippen LogP contribution in [0.25, 0.3) is 0 Å². The van der Waals surface area contributed by atoms with Crippen molar-refractivity contribution in [3.8, 4) is 0 Å². The Morgan fingerprint density at radius 1 is 0.673 bits per heavy atom. The maximum absolute atomic E-state index is 12.7. The number of carbonyl (C=O) groups is 1. The van der Waals surface area contributed by atoms with Gasteiger partial charge >= 0.3 is 13.8 Å². The molecular weight excluding hydrogens is 717 g/mol. The molecule has 0 fully saturated rings. The zero-order chi connectivity index (χ0) is 40.9. The summed E-state index contributed by atoms with van der Waals surface area (Å²) in [7, 11) is 1.48. The Labute approximate surface area is 336 Å². The fraction of sp³-hybridized carbons (Fsp3) is 0.750. The number of allylic oxidation sites excluding steroid dienone is 7. The van der Waals surface area contributed by atoms with Crippen molar-refractivity contribution in [2.45, 2.75) is 167 Å². The number of phosphoric ester groups is 1. The van der Waals surface area contributed by atoms with E-state index in [1.807, 2.05) is 57.6 Å². The molecule has 4 atom stereocenters. The highest BCUT2D eigenvalue weighted by molar-refractivity contribution is 7.47. The molecule has 0 aromatic carbocycles. The fourth-order valence-corrected chi connectivity index (χ4v) is 6.18. The van der Waals surface area contributed by atoms with Crippen LogP contribution in [0.1, 0.15) is 149 Å². The van der Waals surface area contributed by atoms with Gasteiger partial charge in [-0.25, -0.2) is 4.57 Å². The van der Waals surface area contributed by atoms with Gasteiger partial charge in [-0.05, 0) is 44.6 Å². The lowest BCUT2D eigenvalue weighted by Crippen LogP contribution is -2.37. The lowest BCUT2D eigenvalue weighted by atomic mass is 10.0. The number of hydrogen-bond acceptors (Lipinski definition) is 8. The molecule has 0 aliphatic heterocycles. The Bertz CT molecular complexity index is 1100. The van der Waals surface area contributed by atoms with Crippen molar-refractivity contribution in [2.75, 3.05) is 47.5 Å².